The first-order valence-electron chi connectivity index (χ1n) is 6.01. The molecule has 0 amide bonds. The third-order valence-corrected chi connectivity index (χ3v) is 2.86. The molecule has 3 rings (SSSR count). The second kappa shape index (κ2) is 4.83. The zero-order valence-electron chi connectivity index (χ0n) is 10.8. The molecule has 0 aliphatic carbocycles. The highest BCUT2D eigenvalue weighted by Crippen LogP contribution is 2.26. The lowest BCUT2D eigenvalue weighted by Gasteiger charge is -2.04. The number of nitrogens with zero attached hydrogens (tertiary/aromatic N) is 5. The van der Waals surface area contributed by atoms with Gasteiger partial charge in [-0.05, 0) is 6.07 Å². The van der Waals surface area contributed by atoms with Crippen LogP contribution in [0.25, 0.3) is 16.9 Å². The Morgan fingerprint density at radius 1 is 1.36 bits per heavy atom. The maximum absolute atomic E-state index is 12.3. The van der Waals surface area contributed by atoms with Crippen LogP contribution >= 0.6 is 0 Å². The smallest absolute Gasteiger partial charge is 0.408 e. The van der Waals surface area contributed by atoms with Gasteiger partial charge in [0.2, 0.25) is 0 Å². The van der Waals surface area contributed by atoms with Gasteiger partial charge in [-0.3, -0.25) is 4.68 Å². The molecular weight excluding hydrogens is 303 g/mol. The zero-order chi connectivity index (χ0) is 15.9. The number of carboxylic acid groups (broad SMARTS) is 1. The number of rotatable bonds is 3. The molecule has 0 radical (unpaired) electrons. The van der Waals surface area contributed by atoms with Crippen LogP contribution in [-0.4, -0.2) is 41.6 Å². The van der Waals surface area contributed by atoms with Gasteiger partial charge in [0.1, 0.15) is 17.8 Å². The van der Waals surface area contributed by atoms with Gasteiger partial charge in [0, 0.05) is 24.2 Å². The maximum atomic E-state index is 12.3. The summed E-state index contributed by atoms with van der Waals surface area (Å²) in [5.74, 6) is -1.27. The summed E-state index contributed by atoms with van der Waals surface area (Å²) in [6.45, 7) is -1.26. The number of aromatic nitrogens is 5. The Balaban J connectivity index is 2.10. The Bertz CT molecular complexity index is 852. The Labute approximate surface area is 120 Å². The van der Waals surface area contributed by atoms with Crippen molar-refractivity contribution in [2.45, 2.75) is 12.7 Å². The molecular formula is C12H8F3N5O2. The fraction of sp³-hybridized carbons (Fsp3) is 0.167. The Morgan fingerprint density at radius 3 is 2.82 bits per heavy atom. The molecule has 7 nitrogen and oxygen atoms in total. The molecule has 10 heteroatoms. The summed E-state index contributed by atoms with van der Waals surface area (Å²) >= 11 is 0. The van der Waals surface area contributed by atoms with E-state index >= 15 is 0 Å². The first-order chi connectivity index (χ1) is 10.3. The van der Waals surface area contributed by atoms with E-state index in [1.54, 1.807) is 6.07 Å². The summed E-state index contributed by atoms with van der Waals surface area (Å²) in [6, 6.07) is 1.56. The lowest BCUT2D eigenvalue weighted by Crippen LogP contribution is -2.17. The Kier molecular flexibility index (Phi) is 3.08. The third-order valence-electron chi connectivity index (χ3n) is 2.86. The highest BCUT2D eigenvalue weighted by molar-refractivity contribution is 6.01. The van der Waals surface area contributed by atoms with Crippen LogP contribution in [0.1, 0.15) is 10.4 Å². The van der Waals surface area contributed by atoms with Gasteiger partial charge in [-0.2, -0.15) is 23.4 Å². The minimum Gasteiger partial charge on any atom is -0.477 e. The molecule has 114 valence electrons. The van der Waals surface area contributed by atoms with Crippen molar-refractivity contribution in [1.82, 2.24) is 24.4 Å². The van der Waals surface area contributed by atoms with Gasteiger partial charge >= 0.3 is 12.1 Å². The summed E-state index contributed by atoms with van der Waals surface area (Å²) in [4.78, 5) is 15.3. The quantitative estimate of drug-likeness (QED) is 0.798. The predicted octanol–water partition coefficient (Wildman–Crippen LogP) is 1.85. The normalized spacial score (nSPS) is 12.0. The SMILES string of the molecule is O=C(O)c1c(-c2cnn(CC(F)(F)F)c2)nn2cccnc12. The van der Waals surface area contributed by atoms with Crippen molar-refractivity contribution < 1.29 is 23.1 Å². The van der Waals surface area contributed by atoms with Gasteiger partial charge in [-0.15, -0.1) is 0 Å². The first kappa shape index (κ1) is 14.0. The predicted molar refractivity (Wildman–Crippen MR) is 67.2 cm³/mol. The van der Waals surface area contributed by atoms with E-state index in [2.05, 4.69) is 15.2 Å². The standard InChI is InChI=1S/C12H8F3N5O2/c13-12(14,15)6-19-5-7(4-17-19)9-8(11(21)22)10-16-2-1-3-20(10)18-9/h1-5H,6H2,(H,21,22). The molecule has 0 spiro atoms. The average Bonchev–Trinajstić information content (AvgIpc) is 2.99. The molecule has 0 saturated carbocycles. The van der Waals surface area contributed by atoms with Gasteiger partial charge in [0.25, 0.3) is 0 Å². The first-order valence-corrected chi connectivity index (χ1v) is 6.01. The largest absolute Gasteiger partial charge is 0.477 e. The summed E-state index contributed by atoms with van der Waals surface area (Å²) in [5.41, 5.74) is 0.104. The fourth-order valence-corrected chi connectivity index (χ4v) is 2.04. The van der Waals surface area contributed by atoms with Crippen molar-refractivity contribution in [3.8, 4) is 11.3 Å². The minimum absolute atomic E-state index is 0.0135. The number of carbonyl (C=O) groups is 1. The van der Waals surface area contributed by atoms with Crippen LogP contribution in [0.15, 0.2) is 30.9 Å². The molecule has 0 bridgehead atoms. The molecule has 3 aromatic heterocycles. The highest BCUT2D eigenvalue weighted by atomic mass is 19.4. The summed E-state index contributed by atoms with van der Waals surface area (Å²) in [7, 11) is 0. The molecule has 0 aromatic carbocycles. The van der Waals surface area contributed by atoms with Crippen molar-refractivity contribution in [3.05, 3.63) is 36.4 Å². The van der Waals surface area contributed by atoms with Crippen LogP contribution in [0.4, 0.5) is 13.2 Å². The summed E-state index contributed by atoms with van der Waals surface area (Å²) in [5, 5.41) is 16.9. The molecule has 0 fully saturated rings. The van der Waals surface area contributed by atoms with E-state index in [9.17, 15) is 23.1 Å². The number of aromatic carboxylic acids is 1. The molecule has 0 unspecified atom stereocenters. The van der Waals surface area contributed by atoms with Gasteiger partial charge in [0.05, 0.1) is 6.20 Å². The second-order valence-corrected chi connectivity index (χ2v) is 4.46. The van der Waals surface area contributed by atoms with Gasteiger partial charge in [-0.25, -0.2) is 14.3 Å². The monoisotopic (exact) mass is 311 g/mol. The van der Waals surface area contributed by atoms with Crippen molar-refractivity contribution in [3.63, 3.8) is 0 Å². The number of alkyl halides is 3. The number of hydrogen-bond acceptors (Lipinski definition) is 4. The number of hydrogen-bond donors (Lipinski definition) is 1. The fourth-order valence-electron chi connectivity index (χ4n) is 2.04. The van der Waals surface area contributed by atoms with Gasteiger partial charge in [-0.1, -0.05) is 0 Å². The molecule has 0 aliphatic heterocycles. The van der Waals surface area contributed by atoms with Crippen molar-refractivity contribution in [2.24, 2.45) is 0 Å². The van der Waals surface area contributed by atoms with Crippen molar-refractivity contribution in [1.29, 1.82) is 0 Å². The van der Waals surface area contributed by atoms with E-state index in [0.717, 1.165) is 12.4 Å². The van der Waals surface area contributed by atoms with E-state index in [0.29, 0.717) is 4.68 Å². The molecule has 1 N–H and O–H groups in total. The molecule has 0 aliphatic rings. The third kappa shape index (κ3) is 2.50. The highest BCUT2D eigenvalue weighted by Gasteiger charge is 2.29. The summed E-state index contributed by atoms with van der Waals surface area (Å²) < 4.78 is 39.0. The second-order valence-electron chi connectivity index (χ2n) is 4.46. The molecule has 0 saturated heterocycles. The lowest BCUT2D eigenvalue weighted by molar-refractivity contribution is -0.142. The van der Waals surface area contributed by atoms with Crippen molar-refractivity contribution in [2.75, 3.05) is 0 Å². The average molecular weight is 311 g/mol. The van der Waals surface area contributed by atoms with E-state index in [4.69, 9.17) is 0 Å². The van der Waals surface area contributed by atoms with E-state index in [1.807, 2.05) is 0 Å². The molecule has 3 heterocycles. The minimum atomic E-state index is -4.42. The van der Waals surface area contributed by atoms with Crippen LogP contribution in [0.3, 0.4) is 0 Å². The number of halogens is 3. The Morgan fingerprint density at radius 2 is 2.14 bits per heavy atom. The van der Waals surface area contributed by atoms with Crippen LogP contribution in [0.2, 0.25) is 0 Å². The van der Waals surface area contributed by atoms with Crippen LogP contribution in [0, 0.1) is 0 Å². The van der Waals surface area contributed by atoms with Crippen LogP contribution < -0.4 is 0 Å². The van der Waals surface area contributed by atoms with Crippen molar-refractivity contribution >= 4 is 11.6 Å². The maximum Gasteiger partial charge on any atom is 0.408 e. The van der Waals surface area contributed by atoms with E-state index in [-0.39, 0.29) is 22.5 Å². The molecule has 22 heavy (non-hydrogen) atoms. The zero-order valence-corrected chi connectivity index (χ0v) is 10.8. The Hall–Kier alpha value is -2.91. The lowest BCUT2D eigenvalue weighted by atomic mass is 10.1. The van der Waals surface area contributed by atoms with Gasteiger partial charge < -0.3 is 5.11 Å². The van der Waals surface area contributed by atoms with E-state index in [1.165, 1.54) is 16.9 Å². The van der Waals surface area contributed by atoms with Crippen LogP contribution in [-0.2, 0) is 6.54 Å². The molecule has 0 atom stereocenters. The number of carboxylic acids is 1. The van der Waals surface area contributed by atoms with Crippen LogP contribution in [0.5, 0.6) is 0 Å². The number of fused-ring (bicyclic) bond motifs is 1. The van der Waals surface area contributed by atoms with E-state index < -0.39 is 18.7 Å². The summed E-state index contributed by atoms with van der Waals surface area (Å²) in [6.07, 6.45) is 0.722. The van der Waals surface area contributed by atoms with Gasteiger partial charge in [0.15, 0.2) is 5.65 Å². The topological polar surface area (TPSA) is 85.3 Å². The molecule has 3 aromatic rings.